The Kier molecular flexibility index (Phi) is 7.14. The van der Waals surface area contributed by atoms with Gasteiger partial charge in [-0.25, -0.2) is 5.48 Å². The minimum atomic E-state index is -1.10. The smallest absolute Gasteiger partial charge is 0.267 e. The van der Waals surface area contributed by atoms with Gasteiger partial charge in [0.25, 0.3) is 11.8 Å². The Balaban J connectivity index is 2.85. The van der Waals surface area contributed by atoms with Crippen LogP contribution in [0, 0.1) is 11.8 Å². The van der Waals surface area contributed by atoms with Gasteiger partial charge < -0.3 is 16.2 Å². The Morgan fingerprint density at radius 3 is 2.46 bits per heavy atom. The molecule has 1 aromatic carbocycles. The van der Waals surface area contributed by atoms with Crippen molar-refractivity contribution in [1.29, 1.82) is 0 Å². The normalized spacial score (nSPS) is 12.2. The molecular weight excluding hydrogens is 310 g/mol. The zero-order chi connectivity index (χ0) is 18.2. The fourth-order valence-corrected chi connectivity index (χ4v) is 1.81. The van der Waals surface area contributed by atoms with Crippen molar-refractivity contribution in [2.75, 3.05) is 6.61 Å². The van der Waals surface area contributed by atoms with Crippen molar-refractivity contribution in [3.8, 4) is 11.8 Å². The molecule has 0 aliphatic rings. The van der Waals surface area contributed by atoms with Crippen LogP contribution in [0.1, 0.15) is 29.8 Å². The summed E-state index contributed by atoms with van der Waals surface area (Å²) in [5.74, 6) is 4.28. The number of nitrogens with two attached hydrogens (primary N) is 1. The van der Waals surface area contributed by atoms with Gasteiger partial charge >= 0.3 is 0 Å². The monoisotopic (exact) mass is 331 g/mol. The first-order valence-corrected chi connectivity index (χ1v) is 7.20. The van der Waals surface area contributed by atoms with Crippen molar-refractivity contribution in [3.63, 3.8) is 0 Å². The predicted molar refractivity (Wildman–Crippen MR) is 89.0 cm³/mol. The Morgan fingerprint density at radius 1 is 1.33 bits per heavy atom. The number of rotatable bonds is 5. The van der Waals surface area contributed by atoms with Crippen LogP contribution in [0.4, 0.5) is 0 Å². The Bertz CT molecular complexity index is 664. The highest BCUT2D eigenvalue weighted by atomic mass is 16.5. The van der Waals surface area contributed by atoms with Crippen LogP contribution in [0.5, 0.6) is 0 Å². The summed E-state index contributed by atoms with van der Waals surface area (Å²) in [6.07, 6.45) is 3.04. The van der Waals surface area contributed by atoms with E-state index in [4.69, 9.17) is 16.0 Å². The van der Waals surface area contributed by atoms with Gasteiger partial charge in [0.15, 0.2) is 0 Å². The first-order chi connectivity index (χ1) is 11.3. The molecule has 1 rings (SSSR count). The van der Waals surface area contributed by atoms with E-state index in [-0.39, 0.29) is 6.61 Å². The molecule has 128 valence electrons. The van der Waals surface area contributed by atoms with Gasteiger partial charge in [0.2, 0.25) is 0 Å². The number of carbonyl (C=O) groups is 2. The van der Waals surface area contributed by atoms with E-state index in [1.54, 1.807) is 38.1 Å². The molecule has 6 N–H and O–H groups in total. The second kappa shape index (κ2) is 8.84. The Hall–Kier alpha value is -2.66. The van der Waals surface area contributed by atoms with E-state index in [0.717, 1.165) is 0 Å². The van der Waals surface area contributed by atoms with Crippen LogP contribution < -0.4 is 16.5 Å². The zero-order valence-corrected chi connectivity index (χ0v) is 13.5. The second-order valence-corrected chi connectivity index (χ2v) is 5.64. The van der Waals surface area contributed by atoms with Crippen LogP contribution in [-0.2, 0) is 4.79 Å². The largest absolute Gasteiger partial charge is 0.392 e. The van der Waals surface area contributed by atoms with E-state index >= 15 is 0 Å². The van der Waals surface area contributed by atoms with Gasteiger partial charge in [-0.15, -0.1) is 0 Å². The molecule has 0 heterocycles. The predicted octanol–water partition coefficient (Wildman–Crippen LogP) is -0.0723. The number of amides is 2. The number of hydrogen-bond acceptors (Lipinski definition) is 5. The summed E-state index contributed by atoms with van der Waals surface area (Å²) in [5.41, 5.74) is 7.31. The third-order valence-electron chi connectivity index (χ3n) is 3.06. The third kappa shape index (κ3) is 5.85. The van der Waals surface area contributed by atoms with Gasteiger partial charge in [-0.1, -0.05) is 17.9 Å². The average molecular weight is 331 g/mol. The average Bonchev–Trinajstić information content (AvgIpc) is 2.55. The maximum atomic E-state index is 12.2. The van der Waals surface area contributed by atoms with Crippen LogP contribution >= 0.6 is 0 Å². The Labute approximate surface area is 140 Å². The molecule has 0 aliphatic carbocycles. The molecule has 7 heteroatoms. The molecule has 0 fully saturated rings. The maximum Gasteiger partial charge on any atom is 0.267 e. The number of allylic oxidation sites excluding steroid dienone is 1. The molecule has 0 bridgehead atoms. The van der Waals surface area contributed by atoms with Gasteiger partial charge in [-0.3, -0.25) is 14.8 Å². The summed E-state index contributed by atoms with van der Waals surface area (Å²) in [7, 11) is 0. The minimum Gasteiger partial charge on any atom is -0.392 e. The van der Waals surface area contributed by atoms with E-state index in [1.807, 2.05) is 0 Å². The molecule has 7 nitrogen and oxygen atoms in total. The molecule has 2 amide bonds. The van der Waals surface area contributed by atoms with E-state index in [2.05, 4.69) is 17.2 Å². The highest BCUT2D eigenvalue weighted by molar-refractivity contribution is 5.97. The standard InChI is InChI=1S/C17H21N3O4/c1-17(2,18)14(16(23)20-24)19-15(22)13-9-7-12(8-10-13)6-4-3-5-11-21/h3,5,7-10,14,21,24H,11,18H2,1-2H3,(H,19,22)(H,20,23). The molecule has 1 atom stereocenters. The van der Waals surface area contributed by atoms with Crippen molar-refractivity contribution in [1.82, 2.24) is 10.8 Å². The fourth-order valence-electron chi connectivity index (χ4n) is 1.81. The molecule has 0 saturated carbocycles. The second-order valence-electron chi connectivity index (χ2n) is 5.64. The first kappa shape index (κ1) is 19.4. The van der Waals surface area contributed by atoms with Crippen LogP contribution in [0.3, 0.4) is 0 Å². The number of aliphatic hydroxyl groups is 1. The topological polar surface area (TPSA) is 125 Å². The van der Waals surface area contributed by atoms with Crippen molar-refractivity contribution < 1.29 is 19.9 Å². The minimum absolute atomic E-state index is 0.0755. The van der Waals surface area contributed by atoms with Gasteiger partial charge in [-0.05, 0) is 44.2 Å². The molecule has 24 heavy (non-hydrogen) atoms. The number of hydroxylamine groups is 1. The van der Waals surface area contributed by atoms with E-state index in [1.165, 1.54) is 17.6 Å². The number of aliphatic hydroxyl groups excluding tert-OH is 1. The van der Waals surface area contributed by atoms with E-state index in [0.29, 0.717) is 11.1 Å². The molecule has 0 aromatic heterocycles. The maximum absolute atomic E-state index is 12.2. The van der Waals surface area contributed by atoms with Crippen LogP contribution in [0.2, 0.25) is 0 Å². The highest BCUT2D eigenvalue weighted by Gasteiger charge is 2.33. The summed E-state index contributed by atoms with van der Waals surface area (Å²) in [5, 5.41) is 19.9. The van der Waals surface area contributed by atoms with E-state index in [9.17, 15) is 9.59 Å². The number of benzene rings is 1. The van der Waals surface area contributed by atoms with Gasteiger partial charge in [-0.2, -0.15) is 0 Å². The van der Waals surface area contributed by atoms with Gasteiger partial charge in [0.05, 0.1) is 6.61 Å². The van der Waals surface area contributed by atoms with Crippen LogP contribution in [0.15, 0.2) is 36.4 Å². The number of carbonyl (C=O) groups excluding carboxylic acids is 2. The molecular formula is C17H21N3O4. The lowest BCUT2D eigenvalue weighted by Gasteiger charge is -2.29. The summed E-state index contributed by atoms with van der Waals surface area (Å²) in [6.45, 7) is 3.05. The van der Waals surface area contributed by atoms with E-state index < -0.39 is 23.4 Å². The van der Waals surface area contributed by atoms with Crippen molar-refractivity contribution >= 4 is 11.8 Å². The van der Waals surface area contributed by atoms with Gasteiger partial charge in [0, 0.05) is 16.7 Å². The lowest BCUT2D eigenvalue weighted by molar-refractivity contribution is -0.132. The molecule has 1 unspecified atom stereocenters. The van der Waals surface area contributed by atoms with Crippen molar-refractivity contribution in [2.24, 2.45) is 5.73 Å². The summed E-state index contributed by atoms with van der Waals surface area (Å²) >= 11 is 0. The summed E-state index contributed by atoms with van der Waals surface area (Å²) < 4.78 is 0. The Morgan fingerprint density at radius 2 is 1.96 bits per heavy atom. The highest BCUT2D eigenvalue weighted by Crippen LogP contribution is 2.08. The van der Waals surface area contributed by atoms with Crippen LogP contribution in [-0.4, -0.2) is 40.3 Å². The van der Waals surface area contributed by atoms with Crippen molar-refractivity contribution in [3.05, 3.63) is 47.5 Å². The third-order valence-corrected chi connectivity index (χ3v) is 3.06. The molecule has 0 aliphatic heterocycles. The van der Waals surface area contributed by atoms with Crippen LogP contribution in [0.25, 0.3) is 0 Å². The number of hydrogen-bond donors (Lipinski definition) is 5. The SMILES string of the molecule is CC(C)(N)C(NC(=O)c1ccc(C#CC=CCO)cc1)C(=O)NO. The first-order valence-electron chi connectivity index (χ1n) is 7.20. The summed E-state index contributed by atoms with van der Waals surface area (Å²) in [6, 6.07) is 5.34. The molecule has 1 aromatic rings. The number of nitrogens with one attached hydrogen (secondary N) is 2. The molecule has 0 radical (unpaired) electrons. The zero-order valence-electron chi connectivity index (χ0n) is 13.5. The lowest BCUT2D eigenvalue weighted by atomic mass is 9.95. The van der Waals surface area contributed by atoms with Crippen molar-refractivity contribution in [2.45, 2.75) is 25.4 Å². The quantitative estimate of drug-likeness (QED) is 0.293. The fraction of sp³-hybridized carbons (Fsp3) is 0.294. The molecule has 0 saturated heterocycles. The lowest BCUT2D eigenvalue weighted by Crippen LogP contribution is -2.61. The summed E-state index contributed by atoms with van der Waals surface area (Å²) in [4.78, 5) is 23.9. The molecule has 0 spiro atoms. The van der Waals surface area contributed by atoms with Gasteiger partial charge in [0.1, 0.15) is 6.04 Å².